The fraction of sp³-hybridized carbons (Fsp3) is 0.357. The van der Waals surface area contributed by atoms with Crippen molar-refractivity contribution in [1.29, 1.82) is 0 Å². The van der Waals surface area contributed by atoms with Crippen molar-refractivity contribution in [3.63, 3.8) is 0 Å². The van der Waals surface area contributed by atoms with E-state index in [0.717, 1.165) is 24.5 Å². The summed E-state index contributed by atoms with van der Waals surface area (Å²) in [6, 6.07) is 8.32. The third kappa shape index (κ3) is 3.14. The maximum absolute atomic E-state index is 5.10. The van der Waals surface area contributed by atoms with Crippen molar-refractivity contribution in [3.05, 3.63) is 40.4 Å². The summed E-state index contributed by atoms with van der Waals surface area (Å²) in [7, 11) is 0. The lowest BCUT2D eigenvalue weighted by molar-refractivity contribution is 0.821. The SMILES string of the molecule is CCN(CC)c1ccc(/C=N\n2c(C)n[nH]c2=S)cc1. The van der Waals surface area contributed by atoms with Crippen LogP contribution in [0.4, 0.5) is 5.69 Å². The predicted octanol–water partition coefficient (Wildman–Crippen LogP) is 2.98. The van der Waals surface area contributed by atoms with E-state index in [2.05, 4.69) is 58.3 Å². The van der Waals surface area contributed by atoms with Gasteiger partial charge < -0.3 is 4.90 Å². The lowest BCUT2D eigenvalue weighted by Crippen LogP contribution is -2.21. The summed E-state index contributed by atoms with van der Waals surface area (Å²) >= 11 is 5.10. The Bertz CT molecular complexity index is 634. The van der Waals surface area contributed by atoms with Gasteiger partial charge in [-0.3, -0.25) is 5.10 Å². The first-order valence-electron chi connectivity index (χ1n) is 6.69. The van der Waals surface area contributed by atoms with E-state index in [9.17, 15) is 0 Å². The van der Waals surface area contributed by atoms with Gasteiger partial charge in [-0.05, 0) is 50.7 Å². The highest BCUT2D eigenvalue weighted by Gasteiger charge is 2.01. The van der Waals surface area contributed by atoms with Gasteiger partial charge >= 0.3 is 0 Å². The fourth-order valence-electron chi connectivity index (χ4n) is 1.99. The van der Waals surface area contributed by atoms with Gasteiger partial charge in [0.25, 0.3) is 0 Å². The van der Waals surface area contributed by atoms with Gasteiger partial charge in [0.1, 0.15) is 5.82 Å². The minimum absolute atomic E-state index is 0.499. The van der Waals surface area contributed by atoms with E-state index >= 15 is 0 Å². The third-order valence-electron chi connectivity index (χ3n) is 3.16. The Labute approximate surface area is 123 Å². The molecule has 0 bridgehead atoms. The molecule has 0 spiro atoms. The molecule has 0 aliphatic heterocycles. The maximum atomic E-state index is 5.10. The number of aryl methyl sites for hydroxylation is 1. The summed E-state index contributed by atoms with van der Waals surface area (Å²) in [4.78, 5) is 2.30. The second-order valence-corrected chi connectivity index (χ2v) is 4.78. The predicted molar refractivity (Wildman–Crippen MR) is 85.1 cm³/mol. The maximum Gasteiger partial charge on any atom is 0.216 e. The molecule has 2 aromatic rings. The second kappa shape index (κ2) is 6.47. The number of aromatic nitrogens is 3. The number of anilines is 1. The molecule has 0 saturated carbocycles. The average Bonchev–Trinajstić information content (AvgIpc) is 2.78. The number of nitrogens with zero attached hydrogens (tertiary/aromatic N) is 4. The molecule has 0 radical (unpaired) electrons. The van der Waals surface area contributed by atoms with E-state index in [0.29, 0.717) is 4.77 Å². The molecule has 1 aromatic heterocycles. The molecule has 5 nitrogen and oxygen atoms in total. The molecule has 1 aromatic carbocycles. The number of H-pyrrole nitrogens is 1. The average molecular weight is 289 g/mol. The molecular weight excluding hydrogens is 270 g/mol. The molecule has 0 unspecified atom stereocenters. The van der Waals surface area contributed by atoms with Crippen LogP contribution in [0.3, 0.4) is 0 Å². The fourth-order valence-corrected chi connectivity index (χ4v) is 2.22. The minimum atomic E-state index is 0.499. The Kier molecular flexibility index (Phi) is 4.68. The summed E-state index contributed by atoms with van der Waals surface area (Å²) in [5, 5.41) is 11.1. The second-order valence-electron chi connectivity index (χ2n) is 4.40. The number of hydrogen-bond acceptors (Lipinski definition) is 4. The summed E-state index contributed by atoms with van der Waals surface area (Å²) in [6.45, 7) is 8.18. The summed E-state index contributed by atoms with van der Waals surface area (Å²) in [5.41, 5.74) is 2.26. The van der Waals surface area contributed by atoms with Crippen LogP contribution in [0.2, 0.25) is 0 Å². The van der Waals surface area contributed by atoms with E-state index < -0.39 is 0 Å². The molecule has 1 heterocycles. The molecular formula is C14H19N5S. The van der Waals surface area contributed by atoms with E-state index in [-0.39, 0.29) is 0 Å². The van der Waals surface area contributed by atoms with Crippen LogP contribution in [0.25, 0.3) is 0 Å². The normalized spacial score (nSPS) is 11.2. The molecule has 1 N–H and O–H groups in total. The highest BCUT2D eigenvalue weighted by Crippen LogP contribution is 2.14. The first-order chi connectivity index (χ1) is 9.65. The summed E-state index contributed by atoms with van der Waals surface area (Å²) < 4.78 is 2.10. The molecule has 106 valence electrons. The van der Waals surface area contributed by atoms with Crippen LogP contribution in [-0.4, -0.2) is 34.2 Å². The zero-order chi connectivity index (χ0) is 14.5. The van der Waals surface area contributed by atoms with Gasteiger partial charge in [0.15, 0.2) is 0 Å². The quantitative estimate of drug-likeness (QED) is 0.680. The Morgan fingerprint density at radius 1 is 1.30 bits per heavy atom. The molecule has 0 fully saturated rings. The number of benzene rings is 1. The lowest BCUT2D eigenvalue weighted by atomic mass is 10.2. The number of hydrogen-bond donors (Lipinski definition) is 1. The highest BCUT2D eigenvalue weighted by molar-refractivity contribution is 7.71. The van der Waals surface area contributed by atoms with Crippen molar-refractivity contribution < 1.29 is 0 Å². The van der Waals surface area contributed by atoms with E-state index in [1.807, 2.05) is 6.92 Å². The van der Waals surface area contributed by atoms with Crippen LogP contribution >= 0.6 is 12.2 Å². The van der Waals surface area contributed by atoms with Gasteiger partial charge in [-0.15, -0.1) is 0 Å². The van der Waals surface area contributed by atoms with Crippen LogP contribution in [0.5, 0.6) is 0 Å². The molecule has 0 amide bonds. The van der Waals surface area contributed by atoms with Gasteiger partial charge in [0, 0.05) is 18.8 Å². The Morgan fingerprint density at radius 2 is 1.95 bits per heavy atom. The van der Waals surface area contributed by atoms with Crippen LogP contribution in [0.15, 0.2) is 29.4 Å². The van der Waals surface area contributed by atoms with Crippen LogP contribution in [-0.2, 0) is 0 Å². The van der Waals surface area contributed by atoms with Gasteiger partial charge in [-0.25, -0.2) is 0 Å². The van der Waals surface area contributed by atoms with E-state index in [4.69, 9.17) is 12.2 Å². The molecule has 0 atom stereocenters. The molecule has 20 heavy (non-hydrogen) atoms. The number of aromatic amines is 1. The Morgan fingerprint density at radius 3 is 2.45 bits per heavy atom. The van der Waals surface area contributed by atoms with Gasteiger partial charge in [0.05, 0.1) is 6.21 Å². The summed E-state index contributed by atoms with van der Waals surface area (Å²) in [6.07, 6.45) is 1.78. The van der Waals surface area contributed by atoms with Crippen molar-refractivity contribution in [3.8, 4) is 0 Å². The third-order valence-corrected chi connectivity index (χ3v) is 3.42. The lowest BCUT2D eigenvalue weighted by Gasteiger charge is -2.20. The Hall–Kier alpha value is -1.95. The standard InChI is InChI=1S/C14H19N5S/c1-4-18(5-2)13-8-6-12(7-9-13)10-15-19-11(3)16-17-14(19)20/h6-10H,4-5H2,1-3H3,(H,17,20)/b15-10-. The van der Waals surface area contributed by atoms with Crippen LogP contribution in [0.1, 0.15) is 25.2 Å². The molecule has 2 rings (SSSR count). The van der Waals surface area contributed by atoms with E-state index in [1.165, 1.54) is 5.69 Å². The molecule has 6 heteroatoms. The number of nitrogens with one attached hydrogen (secondary N) is 1. The zero-order valence-corrected chi connectivity index (χ0v) is 12.8. The smallest absolute Gasteiger partial charge is 0.216 e. The van der Waals surface area contributed by atoms with E-state index in [1.54, 1.807) is 10.9 Å². The van der Waals surface area contributed by atoms with Crippen LogP contribution in [0, 0.1) is 11.7 Å². The van der Waals surface area contributed by atoms with Gasteiger partial charge in [-0.1, -0.05) is 12.1 Å². The van der Waals surface area contributed by atoms with Crippen LogP contribution < -0.4 is 4.90 Å². The van der Waals surface area contributed by atoms with Crippen molar-refractivity contribution in [2.75, 3.05) is 18.0 Å². The topological polar surface area (TPSA) is 49.2 Å². The van der Waals surface area contributed by atoms with Crippen molar-refractivity contribution in [1.82, 2.24) is 14.9 Å². The highest BCUT2D eigenvalue weighted by atomic mass is 32.1. The molecule has 0 saturated heterocycles. The van der Waals surface area contributed by atoms with Crippen molar-refractivity contribution in [2.45, 2.75) is 20.8 Å². The minimum Gasteiger partial charge on any atom is -0.372 e. The summed E-state index contributed by atoms with van der Waals surface area (Å²) in [5.74, 6) is 0.742. The van der Waals surface area contributed by atoms with Crippen molar-refractivity contribution >= 4 is 24.1 Å². The number of rotatable bonds is 5. The largest absolute Gasteiger partial charge is 0.372 e. The monoisotopic (exact) mass is 289 g/mol. The molecule has 0 aliphatic rings. The van der Waals surface area contributed by atoms with Crippen molar-refractivity contribution in [2.24, 2.45) is 5.10 Å². The van der Waals surface area contributed by atoms with Gasteiger partial charge in [-0.2, -0.15) is 14.9 Å². The molecule has 0 aliphatic carbocycles. The first-order valence-corrected chi connectivity index (χ1v) is 7.10. The first kappa shape index (κ1) is 14.5. The zero-order valence-electron chi connectivity index (χ0n) is 12.0. The van der Waals surface area contributed by atoms with Gasteiger partial charge in [0.2, 0.25) is 4.77 Å². The Balaban J connectivity index is 2.17.